The Bertz CT molecular complexity index is 1040. The quantitative estimate of drug-likeness (QED) is 0.577. The number of likely N-dealkylation sites (tertiary alicyclic amines) is 1. The molecule has 32 heavy (non-hydrogen) atoms. The maximum atomic E-state index is 12.6. The molecule has 1 aromatic heterocycles. The van der Waals surface area contributed by atoms with Gasteiger partial charge in [-0.3, -0.25) is 9.53 Å². The molecule has 0 N–H and O–H groups in total. The Balaban J connectivity index is 0.000000427. The first-order valence-electron chi connectivity index (χ1n) is 10.1. The number of aromatic nitrogens is 2. The molecule has 0 radical (unpaired) electrons. The lowest BCUT2D eigenvalue weighted by atomic mass is 9.90. The molecular formula is C23H24F3N3O3. The van der Waals surface area contributed by atoms with E-state index in [0.717, 1.165) is 53.8 Å². The first-order chi connectivity index (χ1) is 15.3. The van der Waals surface area contributed by atoms with Gasteiger partial charge in [0.2, 0.25) is 0 Å². The maximum absolute atomic E-state index is 12.6. The van der Waals surface area contributed by atoms with E-state index >= 15 is 0 Å². The van der Waals surface area contributed by atoms with Crippen LogP contribution in [0.1, 0.15) is 34.8 Å². The highest BCUT2D eigenvalue weighted by Crippen LogP contribution is 2.32. The lowest BCUT2D eigenvalue weighted by Gasteiger charge is -2.32. The Kier molecular flexibility index (Phi) is 7.63. The Morgan fingerprint density at radius 1 is 1.03 bits per heavy atom. The Morgan fingerprint density at radius 3 is 2.28 bits per heavy atom. The molecule has 0 spiro atoms. The van der Waals surface area contributed by atoms with Gasteiger partial charge in [0.25, 0.3) is 5.91 Å². The van der Waals surface area contributed by atoms with E-state index in [0.29, 0.717) is 13.0 Å². The SMILES string of the molecule is COC(F)(F)F.COc1ccc2c(C3CCN(C(=O)c4ccccc4)CC3)ncnc2c1. The first kappa shape index (κ1) is 23.5. The number of carbonyl (C=O) groups excluding carboxylic acids is 1. The van der Waals surface area contributed by atoms with Crippen LogP contribution in [0.25, 0.3) is 10.9 Å². The summed E-state index contributed by atoms with van der Waals surface area (Å²) in [4.78, 5) is 23.5. The molecule has 4 rings (SSSR count). The molecular weight excluding hydrogens is 423 g/mol. The van der Waals surface area contributed by atoms with Crippen molar-refractivity contribution in [2.45, 2.75) is 25.1 Å². The molecule has 1 amide bonds. The van der Waals surface area contributed by atoms with E-state index in [4.69, 9.17) is 4.74 Å². The number of alkyl halides is 3. The van der Waals surface area contributed by atoms with Crippen molar-refractivity contribution in [3.63, 3.8) is 0 Å². The summed E-state index contributed by atoms with van der Waals surface area (Å²) in [6.07, 6.45) is -1.01. The van der Waals surface area contributed by atoms with Gasteiger partial charge in [-0.1, -0.05) is 18.2 Å². The number of benzene rings is 2. The van der Waals surface area contributed by atoms with Crippen molar-refractivity contribution < 1.29 is 27.4 Å². The molecule has 1 aliphatic rings. The van der Waals surface area contributed by atoms with Gasteiger partial charge >= 0.3 is 6.36 Å². The second-order valence-electron chi connectivity index (χ2n) is 7.22. The van der Waals surface area contributed by atoms with Gasteiger partial charge in [0.1, 0.15) is 12.1 Å². The third kappa shape index (κ3) is 5.94. The molecule has 1 saturated heterocycles. The molecule has 2 heterocycles. The highest BCUT2D eigenvalue weighted by Gasteiger charge is 2.27. The van der Waals surface area contributed by atoms with E-state index in [1.165, 1.54) is 0 Å². The molecule has 0 atom stereocenters. The normalized spacial score (nSPS) is 14.6. The van der Waals surface area contributed by atoms with Crippen LogP contribution in [0.2, 0.25) is 0 Å². The fourth-order valence-electron chi connectivity index (χ4n) is 3.63. The van der Waals surface area contributed by atoms with E-state index in [1.54, 1.807) is 13.4 Å². The van der Waals surface area contributed by atoms with Gasteiger partial charge in [-0.2, -0.15) is 0 Å². The summed E-state index contributed by atoms with van der Waals surface area (Å²) < 4.78 is 39.9. The van der Waals surface area contributed by atoms with Crippen molar-refractivity contribution >= 4 is 16.8 Å². The smallest absolute Gasteiger partial charge is 0.497 e. The standard InChI is InChI=1S/C21H21N3O2.C2H3F3O/c1-26-17-7-8-18-19(13-17)22-14-23-20(18)15-9-11-24(12-10-15)21(25)16-5-3-2-4-6-16;1-6-2(3,4)5/h2-8,13-15H,9-12H2,1H3;1H3. The average molecular weight is 447 g/mol. The second kappa shape index (κ2) is 10.4. The van der Waals surface area contributed by atoms with Crippen LogP contribution in [0.4, 0.5) is 13.2 Å². The zero-order chi connectivity index (χ0) is 23.1. The molecule has 170 valence electrons. The van der Waals surface area contributed by atoms with Crippen LogP contribution in [0.15, 0.2) is 54.9 Å². The average Bonchev–Trinajstić information content (AvgIpc) is 2.83. The van der Waals surface area contributed by atoms with Gasteiger partial charge in [-0.15, -0.1) is 13.2 Å². The lowest BCUT2D eigenvalue weighted by molar-refractivity contribution is -0.311. The minimum Gasteiger partial charge on any atom is -0.497 e. The molecule has 0 unspecified atom stereocenters. The summed E-state index contributed by atoms with van der Waals surface area (Å²) in [5.74, 6) is 1.25. The van der Waals surface area contributed by atoms with Gasteiger partial charge in [-0.05, 0) is 37.1 Å². The first-order valence-corrected chi connectivity index (χ1v) is 10.1. The summed E-state index contributed by atoms with van der Waals surface area (Å²) in [6.45, 7) is 1.50. The van der Waals surface area contributed by atoms with Gasteiger partial charge < -0.3 is 9.64 Å². The summed E-state index contributed by atoms with van der Waals surface area (Å²) in [5, 5.41) is 1.07. The van der Waals surface area contributed by atoms with E-state index < -0.39 is 6.36 Å². The van der Waals surface area contributed by atoms with E-state index in [1.807, 2.05) is 53.4 Å². The van der Waals surface area contributed by atoms with E-state index in [2.05, 4.69) is 14.7 Å². The van der Waals surface area contributed by atoms with Crippen molar-refractivity contribution in [2.24, 2.45) is 0 Å². The number of hydrogen-bond acceptors (Lipinski definition) is 5. The molecule has 0 bridgehead atoms. The molecule has 0 saturated carbocycles. The highest BCUT2D eigenvalue weighted by molar-refractivity contribution is 5.94. The zero-order valence-electron chi connectivity index (χ0n) is 17.8. The lowest BCUT2D eigenvalue weighted by Crippen LogP contribution is -2.38. The topological polar surface area (TPSA) is 64.6 Å². The van der Waals surface area contributed by atoms with Crippen LogP contribution in [-0.2, 0) is 4.74 Å². The minimum absolute atomic E-state index is 0.112. The minimum atomic E-state index is -4.46. The Labute approximate surface area is 184 Å². The number of ether oxygens (including phenoxy) is 2. The largest absolute Gasteiger partial charge is 0.522 e. The van der Waals surface area contributed by atoms with Crippen molar-refractivity contribution in [1.82, 2.24) is 14.9 Å². The number of nitrogens with zero attached hydrogens (tertiary/aromatic N) is 3. The summed E-state index contributed by atoms with van der Waals surface area (Å²) in [5.41, 5.74) is 2.73. The molecule has 1 aliphatic heterocycles. The second-order valence-corrected chi connectivity index (χ2v) is 7.22. The predicted octanol–water partition coefficient (Wildman–Crippen LogP) is 4.81. The molecule has 3 aromatic rings. The number of halogens is 3. The van der Waals surface area contributed by atoms with Crippen LogP contribution in [-0.4, -0.2) is 54.4 Å². The number of rotatable bonds is 3. The van der Waals surface area contributed by atoms with Crippen LogP contribution < -0.4 is 4.74 Å². The van der Waals surface area contributed by atoms with Gasteiger partial charge in [0.05, 0.1) is 18.3 Å². The van der Waals surface area contributed by atoms with Crippen LogP contribution in [0.5, 0.6) is 5.75 Å². The number of hydrogen-bond donors (Lipinski definition) is 0. The number of amides is 1. The third-order valence-electron chi connectivity index (χ3n) is 5.30. The van der Waals surface area contributed by atoms with Crippen molar-refractivity contribution in [3.8, 4) is 5.75 Å². The fraction of sp³-hybridized carbons (Fsp3) is 0.348. The maximum Gasteiger partial charge on any atom is 0.522 e. The zero-order valence-corrected chi connectivity index (χ0v) is 17.8. The van der Waals surface area contributed by atoms with E-state index in [9.17, 15) is 18.0 Å². The molecule has 2 aromatic carbocycles. The predicted molar refractivity (Wildman–Crippen MR) is 113 cm³/mol. The Hall–Kier alpha value is -3.20. The Morgan fingerprint density at radius 2 is 1.69 bits per heavy atom. The van der Waals surface area contributed by atoms with Crippen molar-refractivity contribution in [1.29, 1.82) is 0 Å². The molecule has 9 heteroatoms. The molecule has 6 nitrogen and oxygen atoms in total. The third-order valence-corrected chi connectivity index (χ3v) is 5.30. The monoisotopic (exact) mass is 447 g/mol. The summed E-state index contributed by atoms with van der Waals surface area (Å²) in [7, 11) is 2.24. The summed E-state index contributed by atoms with van der Waals surface area (Å²) >= 11 is 0. The number of methoxy groups -OCH3 is 2. The number of carbonyl (C=O) groups is 1. The van der Waals surface area contributed by atoms with Gasteiger partial charge in [-0.25, -0.2) is 9.97 Å². The van der Waals surface area contributed by atoms with Crippen LogP contribution in [0.3, 0.4) is 0 Å². The van der Waals surface area contributed by atoms with Gasteiger partial charge in [0.15, 0.2) is 0 Å². The van der Waals surface area contributed by atoms with E-state index in [-0.39, 0.29) is 5.91 Å². The highest BCUT2D eigenvalue weighted by atomic mass is 19.4. The van der Waals surface area contributed by atoms with Crippen molar-refractivity contribution in [3.05, 3.63) is 66.1 Å². The number of piperidine rings is 1. The van der Waals surface area contributed by atoms with Gasteiger partial charge in [0, 0.05) is 43.1 Å². The van der Waals surface area contributed by atoms with Crippen LogP contribution in [0, 0.1) is 0 Å². The van der Waals surface area contributed by atoms with Crippen molar-refractivity contribution in [2.75, 3.05) is 27.3 Å². The molecule has 0 aliphatic carbocycles. The molecule has 1 fully saturated rings. The van der Waals surface area contributed by atoms with Crippen LogP contribution >= 0.6 is 0 Å². The number of fused-ring (bicyclic) bond motifs is 1. The summed E-state index contributed by atoms with van der Waals surface area (Å²) in [6, 6.07) is 15.4. The fourth-order valence-corrected chi connectivity index (χ4v) is 3.63.